The number of rotatable bonds is 6. The minimum atomic E-state index is -2.55. The maximum absolute atomic E-state index is 12.4. The van der Waals surface area contributed by atoms with Crippen LogP contribution in [0.2, 0.25) is 0 Å². The quantitative estimate of drug-likeness (QED) is 0.601. The number of nitrogens with one attached hydrogen (secondary N) is 1. The Bertz CT molecular complexity index is 758. The average Bonchev–Trinajstić information content (AvgIpc) is 2.50. The third-order valence-corrected chi connectivity index (χ3v) is 4.65. The largest absolute Gasteiger partial charge is 0.326 e. The lowest BCUT2D eigenvalue weighted by Gasteiger charge is -2.12. The molecule has 0 radical (unpaired) electrons. The van der Waals surface area contributed by atoms with Gasteiger partial charge in [0, 0.05) is 23.5 Å². The number of hydrogen-bond donors (Lipinski definition) is 1. The minimum Gasteiger partial charge on any atom is -0.326 e. The van der Waals surface area contributed by atoms with Crippen LogP contribution in [0, 0.1) is 27.7 Å². The number of benzene rings is 1. The number of anilines is 1. The zero-order valence-corrected chi connectivity index (χ0v) is 15.5. The van der Waals surface area contributed by atoms with Gasteiger partial charge >= 0.3 is 0 Å². The first-order chi connectivity index (χ1) is 11.8. The maximum Gasteiger partial charge on any atom is 0.291 e. The Morgan fingerprint density at radius 2 is 1.80 bits per heavy atom. The average molecular weight is 365 g/mol. The molecule has 134 valence electrons. The van der Waals surface area contributed by atoms with Gasteiger partial charge in [0.05, 0.1) is 0 Å². The topological polar surface area (TPSA) is 54.9 Å². The number of aromatic nitrogens is 2. The van der Waals surface area contributed by atoms with E-state index in [4.69, 9.17) is 0 Å². The molecule has 4 nitrogen and oxygen atoms in total. The molecule has 2 rings (SSSR count). The van der Waals surface area contributed by atoms with Gasteiger partial charge in [0.15, 0.2) is 5.16 Å². The van der Waals surface area contributed by atoms with Gasteiger partial charge in [-0.3, -0.25) is 4.79 Å². The molecule has 0 aliphatic carbocycles. The van der Waals surface area contributed by atoms with Crippen molar-refractivity contribution < 1.29 is 13.6 Å². The van der Waals surface area contributed by atoms with Gasteiger partial charge < -0.3 is 5.32 Å². The number of carbonyl (C=O) groups is 1. The lowest BCUT2D eigenvalue weighted by Crippen LogP contribution is -2.14. The van der Waals surface area contributed by atoms with Gasteiger partial charge in [-0.15, -0.1) is 0 Å². The molecule has 0 aliphatic heterocycles. The fraction of sp³-hybridized carbons (Fsp3) is 0.389. The Labute approximate surface area is 150 Å². The molecule has 0 spiro atoms. The number of alkyl halides is 2. The number of amides is 1. The molecular weight excluding hydrogens is 344 g/mol. The predicted molar refractivity (Wildman–Crippen MR) is 96.2 cm³/mol. The van der Waals surface area contributed by atoms with Crippen LogP contribution in [0.25, 0.3) is 0 Å². The number of thioether (sulfide) groups is 1. The smallest absolute Gasteiger partial charge is 0.291 e. The van der Waals surface area contributed by atoms with Gasteiger partial charge in [0.1, 0.15) is 0 Å². The van der Waals surface area contributed by atoms with Crippen molar-refractivity contribution >= 4 is 23.4 Å². The molecule has 25 heavy (non-hydrogen) atoms. The fourth-order valence-corrected chi connectivity index (χ4v) is 3.08. The molecule has 2 aromatic rings. The summed E-state index contributed by atoms with van der Waals surface area (Å²) in [5.41, 5.74) is 5.06. The van der Waals surface area contributed by atoms with Gasteiger partial charge in [-0.25, -0.2) is 9.97 Å². The van der Waals surface area contributed by atoms with Gasteiger partial charge in [-0.05, 0) is 68.6 Å². The molecule has 0 unspecified atom stereocenters. The summed E-state index contributed by atoms with van der Waals surface area (Å²) in [4.78, 5) is 20.4. The first-order valence-corrected chi connectivity index (χ1v) is 8.81. The highest BCUT2D eigenvalue weighted by atomic mass is 32.2. The van der Waals surface area contributed by atoms with Crippen molar-refractivity contribution in [1.82, 2.24) is 9.97 Å². The van der Waals surface area contributed by atoms with Crippen LogP contribution in [-0.4, -0.2) is 21.6 Å². The Balaban J connectivity index is 2.03. The van der Waals surface area contributed by atoms with Crippen molar-refractivity contribution in [2.75, 3.05) is 5.32 Å². The van der Waals surface area contributed by atoms with Crippen molar-refractivity contribution in [1.29, 1.82) is 0 Å². The molecule has 0 bridgehead atoms. The lowest BCUT2D eigenvalue weighted by molar-refractivity contribution is -0.116. The van der Waals surface area contributed by atoms with Gasteiger partial charge in [-0.1, -0.05) is 12.1 Å². The third-order valence-electron chi connectivity index (χ3n) is 4.08. The van der Waals surface area contributed by atoms with Gasteiger partial charge in [0.2, 0.25) is 5.91 Å². The van der Waals surface area contributed by atoms with E-state index in [0.717, 1.165) is 22.4 Å². The van der Waals surface area contributed by atoms with E-state index in [1.54, 1.807) is 13.8 Å². The Morgan fingerprint density at radius 1 is 1.16 bits per heavy atom. The summed E-state index contributed by atoms with van der Waals surface area (Å²) in [6, 6.07) is 5.77. The van der Waals surface area contributed by atoms with Crippen LogP contribution in [0.3, 0.4) is 0 Å². The van der Waals surface area contributed by atoms with Crippen LogP contribution in [0.4, 0.5) is 14.5 Å². The fourth-order valence-electron chi connectivity index (χ4n) is 2.54. The molecule has 0 saturated heterocycles. The van der Waals surface area contributed by atoms with E-state index in [2.05, 4.69) is 15.3 Å². The monoisotopic (exact) mass is 365 g/mol. The highest BCUT2D eigenvalue weighted by molar-refractivity contribution is 7.99. The predicted octanol–water partition coefficient (Wildman–Crippen LogP) is 4.60. The van der Waals surface area contributed by atoms with E-state index >= 15 is 0 Å². The van der Waals surface area contributed by atoms with Crippen molar-refractivity contribution in [2.24, 2.45) is 0 Å². The third kappa shape index (κ3) is 5.22. The van der Waals surface area contributed by atoms with Crippen molar-refractivity contribution in [3.8, 4) is 0 Å². The Morgan fingerprint density at radius 3 is 2.40 bits per heavy atom. The second-order valence-electron chi connectivity index (χ2n) is 5.83. The second-order valence-corrected chi connectivity index (χ2v) is 6.79. The minimum absolute atomic E-state index is 0.0635. The van der Waals surface area contributed by atoms with Crippen LogP contribution >= 0.6 is 11.8 Å². The second kappa shape index (κ2) is 8.38. The van der Waals surface area contributed by atoms with E-state index < -0.39 is 5.76 Å². The van der Waals surface area contributed by atoms with Gasteiger partial charge in [-0.2, -0.15) is 8.78 Å². The van der Waals surface area contributed by atoms with E-state index in [1.165, 1.54) is 0 Å². The normalized spacial score (nSPS) is 11.0. The molecule has 0 fully saturated rings. The summed E-state index contributed by atoms with van der Waals surface area (Å²) in [7, 11) is 0. The molecule has 1 aromatic heterocycles. The highest BCUT2D eigenvalue weighted by Gasteiger charge is 2.14. The van der Waals surface area contributed by atoms with E-state index in [1.807, 2.05) is 32.0 Å². The number of aryl methyl sites for hydroxylation is 3. The number of carbonyl (C=O) groups excluding carboxylic acids is 1. The highest BCUT2D eigenvalue weighted by Crippen LogP contribution is 2.24. The Kier molecular flexibility index (Phi) is 6.47. The van der Waals surface area contributed by atoms with E-state index in [0.29, 0.717) is 29.6 Å². The molecule has 1 aromatic carbocycles. The van der Waals surface area contributed by atoms with Crippen LogP contribution in [0.5, 0.6) is 0 Å². The molecule has 7 heteroatoms. The van der Waals surface area contributed by atoms with Crippen molar-refractivity contribution in [3.63, 3.8) is 0 Å². The summed E-state index contributed by atoms with van der Waals surface area (Å²) in [5.74, 6) is -2.65. The standard InChI is InChI=1S/C18H21F2N3OS/c1-10-6-5-7-15(11(10)2)23-16(24)9-8-14-12(3)21-18(22-13(14)4)25-17(19)20/h5-7,17H,8-9H2,1-4H3,(H,23,24). The van der Waals surface area contributed by atoms with Crippen molar-refractivity contribution in [3.05, 3.63) is 46.3 Å². The molecule has 1 amide bonds. The molecule has 0 aliphatic rings. The van der Waals surface area contributed by atoms with Crippen LogP contribution in [0.15, 0.2) is 23.4 Å². The SMILES string of the molecule is Cc1cccc(NC(=O)CCc2c(C)nc(SC(F)F)nc2C)c1C. The Hall–Kier alpha value is -2.02. The molecule has 0 atom stereocenters. The van der Waals surface area contributed by atoms with Gasteiger partial charge in [0.25, 0.3) is 5.76 Å². The number of hydrogen-bond acceptors (Lipinski definition) is 4. The molecular formula is C18H21F2N3OS. The summed E-state index contributed by atoms with van der Waals surface area (Å²) >= 11 is 0.330. The molecule has 0 saturated carbocycles. The maximum atomic E-state index is 12.4. The summed E-state index contributed by atoms with van der Waals surface area (Å²) in [6.45, 7) is 7.46. The summed E-state index contributed by atoms with van der Waals surface area (Å²) in [5, 5.41) is 2.98. The van der Waals surface area contributed by atoms with E-state index in [9.17, 15) is 13.6 Å². The zero-order chi connectivity index (χ0) is 18.6. The van der Waals surface area contributed by atoms with Crippen LogP contribution in [-0.2, 0) is 11.2 Å². The van der Waals surface area contributed by atoms with Crippen LogP contribution < -0.4 is 5.32 Å². The molecule has 1 N–H and O–H groups in total. The first-order valence-electron chi connectivity index (χ1n) is 7.93. The summed E-state index contributed by atoms with van der Waals surface area (Å²) in [6.07, 6.45) is 0.744. The number of nitrogens with zero attached hydrogens (tertiary/aromatic N) is 2. The zero-order valence-electron chi connectivity index (χ0n) is 14.7. The first kappa shape index (κ1) is 19.3. The van der Waals surface area contributed by atoms with Crippen molar-refractivity contribution in [2.45, 2.75) is 51.5 Å². The molecule has 1 heterocycles. The summed E-state index contributed by atoms with van der Waals surface area (Å²) < 4.78 is 24.9. The van der Waals surface area contributed by atoms with E-state index in [-0.39, 0.29) is 17.5 Å². The van der Waals surface area contributed by atoms with Crippen LogP contribution in [0.1, 0.15) is 34.5 Å². The lowest BCUT2D eigenvalue weighted by atomic mass is 10.1. The number of halogens is 2.